The molecule has 6 rings (SSSR count). The Hall–Kier alpha value is -3.52. The number of ether oxygens (including phenoxy) is 1. The number of hydrogen-bond donors (Lipinski definition) is 4. The van der Waals surface area contributed by atoms with Crippen LogP contribution in [0.1, 0.15) is 58.6 Å². The smallest absolute Gasteiger partial charge is 0.266 e. The van der Waals surface area contributed by atoms with Crippen molar-refractivity contribution in [3.05, 3.63) is 94.8 Å². The van der Waals surface area contributed by atoms with Gasteiger partial charge < -0.3 is 19.9 Å². The molecule has 0 bridgehead atoms. The van der Waals surface area contributed by atoms with Crippen LogP contribution in [0.15, 0.2) is 67.0 Å². The first kappa shape index (κ1) is 20.1. The van der Waals surface area contributed by atoms with E-state index in [-0.39, 0.29) is 11.7 Å². The van der Waals surface area contributed by atoms with Gasteiger partial charge in [-0.05, 0) is 35.2 Å². The average Bonchev–Trinajstić information content (AvgIpc) is 3.43. The zero-order chi connectivity index (χ0) is 23.0. The van der Waals surface area contributed by atoms with E-state index in [9.17, 15) is 15.0 Å². The zero-order valence-electron chi connectivity index (χ0n) is 18.2. The highest BCUT2D eigenvalue weighted by molar-refractivity contribution is 6.10. The highest BCUT2D eigenvalue weighted by Gasteiger charge is 2.71. The first-order valence-electron chi connectivity index (χ1n) is 10.9. The second-order valence-electron chi connectivity index (χ2n) is 9.01. The average molecular weight is 441 g/mol. The molecule has 0 spiro atoms. The molecule has 0 fully saturated rings. The number of H-pyrrole nitrogens is 1. The lowest BCUT2D eigenvalue weighted by atomic mass is 9.82. The van der Waals surface area contributed by atoms with Gasteiger partial charge in [-0.15, -0.1) is 0 Å². The lowest BCUT2D eigenvalue weighted by molar-refractivity contribution is -0.180. The van der Waals surface area contributed by atoms with Gasteiger partial charge in [0.25, 0.3) is 5.79 Å². The number of hydrogen-bond acceptors (Lipinski definition) is 6. The van der Waals surface area contributed by atoms with Crippen LogP contribution in [0.25, 0.3) is 11.0 Å². The predicted molar refractivity (Wildman–Crippen MR) is 122 cm³/mol. The van der Waals surface area contributed by atoms with Gasteiger partial charge in [0.2, 0.25) is 0 Å². The standard InChI is InChI=1S/C26H23N3O4/c1-14(2)15-7-9-19-22(12-15)33-26(32)18-6-4-3-5-17(18)23(30)25(19,26)29-24(31)16-8-10-20-21(11-16)28-13-27-20/h3-14,24,29,31-32H,1-2H3,(H,27,28). The maximum absolute atomic E-state index is 13.9. The fourth-order valence-corrected chi connectivity index (χ4v) is 5.07. The summed E-state index contributed by atoms with van der Waals surface area (Å²) in [7, 11) is 0. The number of nitrogens with one attached hydrogen (secondary N) is 2. The molecule has 1 aliphatic heterocycles. The number of aromatic nitrogens is 2. The second-order valence-corrected chi connectivity index (χ2v) is 9.01. The maximum atomic E-state index is 13.9. The predicted octanol–water partition coefficient (Wildman–Crippen LogP) is 3.60. The number of aliphatic hydroxyl groups is 2. The molecule has 1 aromatic heterocycles. The summed E-state index contributed by atoms with van der Waals surface area (Å²) in [6.45, 7) is 4.13. The summed E-state index contributed by atoms with van der Waals surface area (Å²) in [5.74, 6) is -1.69. The molecule has 3 atom stereocenters. The molecule has 2 heterocycles. The second kappa shape index (κ2) is 6.74. The normalized spacial score (nSPS) is 24.0. The van der Waals surface area contributed by atoms with E-state index in [1.165, 1.54) is 0 Å². The van der Waals surface area contributed by atoms with Crippen molar-refractivity contribution in [3.63, 3.8) is 0 Å². The molecule has 2 aliphatic rings. The number of aliphatic hydroxyl groups excluding tert-OH is 1. The molecule has 33 heavy (non-hydrogen) atoms. The minimum Gasteiger partial charge on any atom is -0.455 e. The lowest BCUT2D eigenvalue weighted by Gasteiger charge is -2.36. The van der Waals surface area contributed by atoms with E-state index in [4.69, 9.17) is 4.74 Å². The maximum Gasteiger partial charge on any atom is 0.266 e. The third kappa shape index (κ3) is 2.55. The van der Waals surface area contributed by atoms with Crippen molar-refractivity contribution in [2.75, 3.05) is 0 Å². The third-order valence-corrected chi connectivity index (χ3v) is 6.83. The molecule has 3 aromatic carbocycles. The monoisotopic (exact) mass is 441 g/mol. The lowest BCUT2D eigenvalue weighted by Crippen LogP contribution is -2.59. The molecule has 1 aliphatic carbocycles. The first-order chi connectivity index (χ1) is 15.8. The van der Waals surface area contributed by atoms with Gasteiger partial charge in [-0.2, -0.15) is 0 Å². The molecule has 3 unspecified atom stereocenters. The number of carbonyl (C=O) groups excluding carboxylic acids is 1. The Bertz CT molecular complexity index is 1430. The molecular weight excluding hydrogens is 418 g/mol. The van der Waals surface area contributed by atoms with Gasteiger partial charge >= 0.3 is 0 Å². The van der Waals surface area contributed by atoms with Gasteiger partial charge in [-0.25, -0.2) is 4.98 Å². The molecule has 4 N–H and O–H groups in total. The van der Waals surface area contributed by atoms with Crippen LogP contribution in [-0.2, 0) is 11.3 Å². The molecular formula is C26H23N3O4. The molecule has 0 saturated heterocycles. The van der Waals surface area contributed by atoms with Crippen molar-refractivity contribution in [2.45, 2.75) is 37.3 Å². The van der Waals surface area contributed by atoms with Crippen LogP contribution >= 0.6 is 0 Å². The van der Waals surface area contributed by atoms with E-state index in [1.54, 1.807) is 42.7 Å². The Balaban J connectivity index is 1.52. The van der Waals surface area contributed by atoms with Gasteiger partial charge in [-0.1, -0.05) is 56.3 Å². The van der Waals surface area contributed by atoms with Crippen molar-refractivity contribution in [3.8, 4) is 5.75 Å². The van der Waals surface area contributed by atoms with E-state index >= 15 is 0 Å². The van der Waals surface area contributed by atoms with E-state index < -0.39 is 17.6 Å². The summed E-state index contributed by atoms with van der Waals surface area (Å²) in [5.41, 5.74) is 2.59. The molecule has 0 amide bonds. The number of nitrogens with zero attached hydrogens (tertiary/aromatic N) is 1. The third-order valence-electron chi connectivity index (χ3n) is 6.83. The summed E-state index contributed by atoms with van der Waals surface area (Å²) >= 11 is 0. The number of imidazole rings is 1. The van der Waals surface area contributed by atoms with E-state index in [2.05, 4.69) is 29.1 Å². The Morgan fingerprint density at radius 3 is 2.64 bits per heavy atom. The van der Waals surface area contributed by atoms with Crippen molar-refractivity contribution in [1.82, 2.24) is 15.3 Å². The quantitative estimate of drug-likeness (QED) is 0.361. The zero-order valence-corrected chi connectivity index (χ0v) is 18.2. The first-order valence-corrected chi connectivity index (χ1v) is 10.9. The van der Waals surface area contributed by atoms with Crippen molar-refractivity contribution in [1.29, 1.82) is 0 Å². The van der Waals surface area contributed by atoms with Crippen LogP contribution in [0.2, 0.25) is 0 Å². The molecule has 0 saturated carbocycles. The number of Topliss-reactive ketones (excluding diaryl/α,β-unsaturated/α-hetero) is 1. The summed E-state index contributed by atoms with van der Waals surface area (Å²) in [6.07, 6.45) is 0.311. The fraction of sp³-hybridized carbons (Fsp3) is 0.231. The van der Waals surface area contributed by atoms with Crippen LogP contribution in [0.4, 0.5) is 0 Å². The summed E-state index contributed by atoms with van der Waals surface area (Å²) in [5, 5.41) is 26.2. The van der Waals surface area contributed by atoms with Crippen molar-refractivity contribution in [2.24, 2.45) is 0 Å². The number of benzene rings is 3. The molecule has 0 radical (unpaired) electrons. The van der Waals surface area contributed by atoms with E-state index in [0.29, 0.717) is 33.5 Å². The number of aromatic amines is 1. The minimum atomic E-state index is -2.00. The highest BCUT2D eigenvalue weighted by Crippen LogP contribution is 2.58. The Morgan fingerprint density at radius 2 is 1.82 bits per heavy atom. The van der Waals surface area contributed by atoms with Crippen LogP contribution in [0.5, 0.6) is 5.75 Å². The van der Waals surface area contributed by atoms with Crippen LogP contribution in [0.3, 0.4) is 0 Å². The molecule has 166 valence electrons. The summed E-state index contributed by atoms with van der Waals surface area (Å²) < 4.78 is 6.15. The molecule has 7 nitrogen and oxygen atoms in total. The van der Waals surface area contributed by atoms with Crippen LogP contribution in [-0.4, -0.2) is 26.0 Å². The number of rotatable bonds is 4. The minimum absolute atomic E-state index is 0.243. The fourth-order valence-electron chi connectivity index (χ4n) is 5.07. The van der Waals surface area contributed by atoms with Crippen LogP contribution < -0.4 is 10.1 Å². The molecule has 7 heteroatoms. The number of ketones is 1. The van der Waals surface area contributed by atoms with Gasteiger partial charge in [-0.3, -0.25) is 10.1 Å². The number of carbonyl (C=O) groups is 1. The highest BCUT2D eigenvalue weighted by atomic mass is 16.6. The largest absolute Gasteiger partial charge is 0.455 e. The number of fused-ring (bicyclic) bond motifs is 6. The van der Waals surface area contributed by atoms with E-state index in [0.717, 1.165) is 11.1 Å². The SMILES string of the molecule is CC(C)c1ccc2c(c1)OC1(O)c3ccccc3C(=O)C21NC(O)c1ccc2[nH]cnc2c1. The van der Waals surface area contributed by atoms with Gasteiger partial charge in [0.05, 0.1) is 17.4 Å². The van der Waals surface area contributed by atoms with Crippen molar-refractivity contribution < 1.29 is 19.7 Å². The Kier molecular flexibility index (Phi) is 4.11. The molecule has 4 aromatic rings. The van der Waals surface area contributed by atoms with Gasteiger partial charge in [0.1, 0.15) is 12.0 Å². The van der Waals surface area contributed by atoms with Gasteiger partial charge in [0, 0.05) is 16.7 Å². The van der Waals surface area contributed by atoms with Crippen molar-refractivity contribution >= 4 is 16.8 Å². The van der Waals surface area contributed by atoms with E-state index in [1.807, 2.05) is 24.3 Å². The Morgan fingerprint density at radius 1 is 1.03 bits per heavy atom. The topological polar surface area (TPSA) is 107 Å². The Labute approximate surface area is 190 Å². The summed E-state index contributed by atoms with van der Waals surface area (Å²) in [4.78, 5) is 21.2. The van der Waals surface area contributed by atoms with Crippen LogP contribution in [0, 0.1) is 0 Å². The summed E-state index contributed by atoms with van der Waals surface area (Å²) in [6, 6.07) is 17.8. The van der Waals surface area contributed by atoms with Gasteiger partial charge in [0.15, 0.2) is 11.3 Å².